The van der Waals surface area contributed by atoms with Crippen molar-refractivity contribution in [1.29, 1.82) is 0 Å². The van der Waals surface area contributed by atoms with Gasteiger partial charge in [0, 0.05) is 13.1 Å². The molecule has 2 rings (SSSR count). The predicted molar refractivity (Wildman–Crippen MR) is 94.5 cm³/mol. The summed E-state index contributed by atoms with van der Waals surface area (Å²) >= 11 is 5.83. The molecule has 0 fully saturated rings. The first-order valence-corrected chi connectivity index (χ1v) is 8.33. The van der Waals surface area contributed by atoms with E-state index in [1.165, 1.54) is 5.56 Å². The van der Waals surface area contributed by atoms with Gasteiger partial charge in [-0.3, -0.25) is 0 Å². The van der Waals surface area contributed by atoms with E-state index < -0.39 is 6.10 Å². The number of pyridine rings is 1. The van der Waals surface area contributed by atoms with Crippen LogP contribution in [0.5, 0.6) is 5.75 Å². The number of benzene rings is 1. The Balaban J connectivity index is 1.79. The maximum Gasteiger partial charge on any atom is 0.129 e. The van der Waals surface area contributed by atoms with Crippen molar-refractivity contribution in [3.05, 3.63) is 58.9 Å². The Morgan fingerprint density at radius 1 is 1.17 bits per heavy atom. The molecule has 0 amide bonds. The lowest BCUT2D eigenvalue weighted by Crippen LogP contribution is -2.26. The van der Waals surface area contributed by atoms with Crippen LogP contribution >= 0.6 is 11.6 Å². The van der Waals surface area contributed by atoms with Crippen molar-refractivity contribution >= 4 is 11.6 Å². The zero-order chi connectivity index (χ0) is 17.4. The molecule has 3 N–H and O–H groups in total. The van der Waals surface area contributed by atoms with Gasteiger partial charge in [0.25, 0.3) is 0 Å². The highest BCUT2D eigenvalue weighted by Crippen LogP contribution is 2.19. The van der Waals surface area contributed by atoms with E-state index in [1.54, 1.807) is 18.2 Å². The number of aliphatic hydroxyl groups is 2. The standard InChI is InChI=1S/C18H23ClN2O3/c1-13(14-5-7-15(8-6-14)24-10-9-22)11-20-12-17(23)16-3-2-4-18(19)21-16/h2-8,13,17,20,22-23H,9-12H2,1H3. The van der Waals surface area contributed by atoms with E-state index in [-0.39, 0.29) is 12.5 Å². The number of rotatable bonds is 9. The topological polar surface area (TPSA) is 74.6 Å². The quantitative estimate of drug-likeness (QED) is 0.606. The van der Waals surface area contributed by atoms with E-state index in [2.05, 4.69) is 17.2 Å². The van der Waals surface area contributed by atoms with Crippen molar-refractivity contribution in [1.82, 2.24) is 10.3 Å². The summed E-state index contributed by atoms with van der Waals surface area (Å²) in [7, 11) is 0. The molecule has 1 aromatic carbocycles. The Hall–Kier alpha value is -1.66. The van der Waals surface area contributed by atoms with Gasteiger partial charge < -0.3 is 20.3 Å². The molecule has 0 aliphatic heterocycles. The molecule has 0 saturated carbocycles. The molecule has 0 spiro atoms. The van der Waals surface area contributed by atoms with Crippen LogP contribution in [0.4, 0.5) is 0 Å². The van der Waals surface area contributed by atoms with E-state index in [0.29, 0.717) is 24.0 Å². The molecule has 1 heterocycles. The summed E-state index contributed by atoms with van der Waals surface area (Å²) in [5.74, 6) is 1.03. The lowest BCUT2D eigenvalue weighted by molar-refractivity contribution is 0.169. The van der Waals surface area contributed by atoms with Gasteiger partial charge in [0.15, 0.2) is 0 Å². The maximum atomic E-state index is 10.1. The Labute approximate surface area is 147 Å². The van der Waals surface area contributed by atoms with Crippen LogP contribution in [0.3, 0.4) is 0 Å². The fourth-order valence-electron chi connectivity index (χ4n) is 2.32. The number of aromatic nitrogens is 1. The minimum Gasteiger partial charge on any atom is -0.491 e. The second kappa shape index (κ2) is 9.59. The molecule has 6 heteroatoms. The fourth-order valence-corrected chi connectivity index (χ4v) is 2.49. The second-order valence-corrected chi connectivity index (χ2v) is 5.99. The van der Waals surface area contributed by atoms with Crippen molar-refractivity contribution in [2.75, 3.05) is 26.3 Å². The minimum absolute atomic E-state index is 0.00584. The molecule has 0 aliphatic carbocycles. The third-order valence-electron chi connectivity index (χ3n) is 3.68. The molecular weight excluding hydrogens is 328 g/mol. The number of ether oxygens (including phenoxy) is 1. The van der Waals surface area contributed by atoms with Crippen molar-refractivity contribution in [2.24, 2.45) is 0 Å². The lowest BCUT2D eigenvalue weighted by atomic mass is 10.0. The smallest absolute Gasteiger partial charge is 0.129 e. The zero-order valence-corrected chi connectivity index (χ0v) is 14.4. The first kappa shape index (κ1) is 18.7. The number of nitrogens with one attached hydrogen (secondary N) is 1. The summed E-state index contributed by atoms with van der Waals surface area (Å²) in [6, 6.07) is 13.0. The third kappa shape index (κ3) is 5.76. The van der Waals surface area contributed by atoms with E-state index >= 15 is 0 Å². The van der Waals surface area contributed by atoms with Crippen molar-refractivity contribution in [3.8, 4) is 5.75 Å². The zero-order valence-electron chi connectivity index (χ0n) is 13.7. The van der Waals surface area contributed by atoms with E-state index in [0.717, 1.165) is 12.3 Å². The second-order valence-electron chi connectivity index (χ2n) is 5.60. The number of hydrogen-bond acceptors (Lipinski definition) is 5. The van der Waals surface area contributed by atoms with Gasteiger partial charge in [-0.1, -0.05) is 36.7 Å². The molecule has 24 heavy (non-hydrogen) atoms. The lowest BCUT2D eigenvalue weighted by Gasteiger charge is -2.16. The van der Waals surface area contributed by atoms with Gasteiger partial charge in [0.2, 0.25) is 0 Å². The molecule has 0 saturated heterocycles. The molecule has 0 aliphatic rings. The third-order valence-corrected chi connectivity index (χ3v) is 3.89. The average molecular weight is 351 g/mol. The Morgan fingerprint density at radius 3 is 2.58 bits per heavy atom. The van der Waals surface area contributed by atoms with Crippen LogP contribution in [0.2, 0.25) is 5.15 Å². The van der Waals surface area contributed by atoms with Crippen LogP contribution in [-0.4, -0.2) is 41.5 Å². The molecule has 1 aromatic heterocycles. The Morgan fingerprint density at radius 2 is 1.92 bits per heavy atom. The Bertz CT molecular complexity index is 622. The van der Waals surface area contributed by atoms with Crippen LogP contribution in [0.15, 0.2) is 42.5 Å². The summed E-state index contributed by atoms with van der Waals surface area (Å²) < 4.78 is 5.34. The molecule has 130 valence electrons. The molecule has 2 atom stereocenters. The fraction of sp³-hybridized carbons (Fsp3) is 0.389. The van der Waals surface area contributed by atoms with Crippen molar-refractivity contribution < 1.29 is 14.9 Å². The summed E-state index contributed by atoms with van der Waals surface area (Å²) in [5, 5.41) is 22.5. The summed E-state index contributed by atoms with van der Waals surface area (Å²) in [6.07, 6.45) is -0.690. The molecule has 0 radical (unpaired) electrons. The van der Waals surface area contributed by atoms with Gasteiger partial charge in [0.05, 0.1) is 12.3 Å². The molecule has 5 nitrogen and oxygen atoms in total. The van der Waals surface area contributed by atoms with Crippen molar-refractivity contribution in [2.45, 2.75) is 18.9 Å². The Kier molecular flexibility index (Phi) is 7.46. The van der Waals surface area contributed by atoms with E-state index in [9.17, 15) is 5.11 Å². The number of halogens is 1. The highest BCUT2D eigenvalue weighted by atomic mass is 35.5. The number of nitrogens with zero attached hydrogens (tertiary/aromatic N) is 1. The monoisotopic (exact) mass is 350 g/mol. The van der Waals surface area contributed by atoms with Crippen LogP contribution in [0.1, 0.15) is 30.2 Å². The van der Waals surface area contributed by atoms with Crippen LogP contribution in [-0.2, 0) is 0 Å². The van der Waals surface area contributed by atoms with Gasteiger partial charge in [-0.05, 0) is 35.7 Å². The van der Waals surface area contributed by atoms with E-state index in [1.807, 2.05) is 24.3 Å². The highest BCUT2D eigenvalue weighted by molar-refractivity contribution is 6.29. The van der Waals surface area contributed by atoms with Crippen LogP contribution < -0.4 is 10.1 Å². The van der Waals surface area contributed by atoms with Gasteiger partial charge in [-0.15, -0.1) is 0 Å². The SMILES string of the molecule is CC(CNCC(O)c1cccc(Cl)n1)c1ccc(OCCO)cc1. The summed E-state index contributed by atoms with van der Waals surface area (Å²) in [6.45, 7) is 3.56. The van der Waals surface area contributed by atoms with Crippen LogP contribution in [0, 0.1) is 0 Å². The van der Waals surface area contributed by atoms with Crippen molar-refractivity contribution in [3.63, 3.8) is 0 Å². The van der Waals surface area contributed by atoms with Crippen LogP contribution in [0.25, 0.3) is 0 Å². The maximum absolute atomic E-state index is 10.1. The first-order valence-electron chi connectivity index (χ1n) is 7.95. The summed E-state index contributed by atoms with van der Waals surface area (Å²) in [4.78, 5) is 4.11. The summed E-state index contributed by atoms with van der Waals surface area (Å²) in [5.41, 5.74) is 1.74. The molecular formula is C18H23ClN2O3. The van der Waals surface area contributed by atoms with E-state index in [4.69, 9.17) is 21.4 Å². The largest absolute Gasteiger partial charge is 0.491 e. The molecule has 0 bridgehead atoms. The predicted octanol–water partition coefficient (Wildman–Crippen LogP) is 2.53. The van der Waals surface area contributed by atoms with Gasteiger partial charge in [0.1, 0.15) is 23.6 Å². The minimum atomic E-state index is -0.690. The molecule has 2 unspecified atom stereocenters. The first-order chi connectivity index (χ1) is 11.6. The number of aliphatic hydroxyl groups excluding tert-OH is 2. The van der Waals surface area contributed by atoms with Gasteiger partial charge >= 0.3 is 0 Å². The van der Waals surface area contributed by atoms with Gasteiger partial charge in [-0.25, -0.2) is 4.98 Å². The average Bonchev–Trinajstić information content (AvgIpc) is 2.60. The van der Waals surface area contributed by atoms with Gasteiger partial charge in [-0.2, -0.15) is 0 Å². The number of hydrogen-bond donors (Lipinski definition) is 3. The molecule has 2 aromatic rings. The normalized spacial score (nSPS) is 13.5. The highest BCUT2D eigenvalue weighted by Gasteiger charge is 2.11.